The first-order valence-corrected chi connectivity index (χ1v) is 6.64. The monoisotopic (exact) mass is 228 g/mol. The molecule has 1 aromatic carbocycles. The summed E-state index contributed by atoms with van der Waals surface area (Å²) < 4.78 is 0. The van der Waals surface area contributed by atoms with Gasteiger partial charge in [-0.2, -0.15) is 0 Å². The van der Waals surface area contributed by atoms with Crippen molar-refractivity contribution in [3.8, 4) is 0 Å². The number of para-hydroxylation sites is 1. The molecule has 0 spiro atoms. The van der Waals surface area contributed by atoms with E-state index in [-0.39, 0.29) is 0 Å². The van der Waals surface area contributed by atoms with Gasteiger partial charge in [0.2, 0.25) is 0 Å². The number of benzene rings is 1. The average molecular weight is 228 g/mol. The summed E-state index contributed by atoms with van der Waals surface area (Å²) in [5, 5.41) is 0. The van der Waals surface area contributed by atoms with Crippen LogP contribution in [0.25, 0.3) is 0 Å². The Hall–Kier alpha value is -1.28. The predicted molar refractivity (Wildman–Crippen MR) is 72.6 cm³/mol. The average Bonchev–Trinajstić information content (AvgIpc) is 2.81. The lowest BCUT2D eigenvalue weighted by atomic mass is 10.2. The van der Waals surface area contributed by atoms with Crippen molar-refractivity contribution in [3.05, 3.63) is 42.0 Å². The van der Waals surface area contributed by atoms with Crippen LogP contribution in [0.5, 0.6) is 0 Å². The largest absolute Gasteiger partial charge is 0.370 e. The maximum atomic E-state index is 2.54. The van der Waals surface area contributed by atoms with Crippen LogP contribution in [0.2, 0.25) is 0 Å². The number of hydrogen-bond donors (Lipinski definition) is 0. The first-order valence-electron chi connectivity index (χ1n) is 6.64. The van der Waals surface area contributed by atoms with E-state index >= 15 is 0 Å². The van der Waals surface area contributed by atoms with E-state index in [0.717, 1.165) is 6.54 Å². The summed E-state index contributed by atoms with van der Waals surface area (Å²) in [4.78, 5) is 5.08. The van der Waals surface area contributed by atoms with Gasteiger partial charge in [0.25, 0.3) is 0 Å². The molecule has 0 saturated carbocycles. The number of fused-ring (bicyclic) bond motifs is 1. The van der Waals surface area contributed by atoms with Crippen molar-refractivity contribution in [2.75, 3.05) is 37.6 Å². The maximum absolute atomic E-state index is 2.54. The summed E-state index contributed by atoms with van der Waals surface area (Å²) in [6, 6.07) is 8.83. The maximum Gasteiger partial charge on any atom is 0.0399 e. The van der Waals surface area contributed by atoms with Crippen LogP contribution in [-0.4, -0.2) is 37.6 Å². The Bertz CT molecular complexity index is 411. The van der Waals surface area contributed by atoms with Gasteiger partial charge in [-0.1, -0.05) is 30.4 Å². The fourth-order valence-corrected chi connectivity index (χ4v) is 2.79. The second kappa shape index (κ2) is 4.92. The summed E-state index contributed by atoms with van der Waals surface area (Å²) in [7, 11) is 0. The third-order valence-electron chi connectivity index (χ3n) is 3.81. The van der Waals surface area contributed by atoms with Crippen LogP contribution in [0.3, 0.4) is 0 Å². The Morgan fingerprint density at radius 1 is 1.00 bits per heavy atom. The molecule has 0 fully saturated rings. The summed E-state index contributed by atoms with van der Waals surface area (Å²) in [5.41, 5.74) is 2.98. The van der Waals surface area contributed by atoms with Gasteiger partial charge in [-0.25, -0.2) is 0 Å². The highest BCUT2D eigenvalue weighted by atomic mass is 15.2. The van der Waals surface area contributed by atoms with Crippen LogP contribution < -0.4 is 4.90 Å². The molecule has 2 heteroatoms. The minimum atomic E-state index is 1.13. The van der Waals surface area contributed by atoms with Crippen LogP contribution in [0.15, 0.2) is 36.4 Å². The lowest BCUT2D eigenvalue weighted by molar-refractivity contribution is 0.305. The SMILES string of the molecule is C1=CCN(CCN2CCc3ccccc32)CC1. The van der Waals surface area contributed by atoms with Crippen molar-refractivity contribution in [1.29, 1.82) is 0 Å². The minimum Gasteiger partial charge on any atom is -0.370 e. The fraction of sp³-hybridized carbons (Fsp3) is 0.467. The third-order valence-corrected chi connectivity index (χ3v) is 3.81. The van der Waals surface area contributed by atoms with E-state index in [4.69, 9.17) is 0 Å². The molecule has 1 aromatic rings. The van der Waals surface area contributed by atoms with Gasteiger partial charge in [0, 0.05) is 38.4 Å². The molecule has 17 heavy (non-hydrogen) atoms. The molecule has 0 aromatic heterocycles. The summed E-state index contributed by atoms with van der Waals surface area (Å²) >= 11 is 0. The van der Waals surface area contributed by atoms with Gasteiger partial charge in [0.15, 0.2) is 0 Å². The molecular formula is C15H20N2. The molecule has 2 nitrogen and oxygen atoms in total. The molecule has 2 heterocycles. The Kier molecular flexibility index (Phi) is 3.14. The molecule has 0 unspecified atom stereocenters. The Morgan fingerprint density at radius 3 is 2.82 bits per heavy atom. The normalized spacial score (nSPS) is 19.6. The Morgan fingerprint density at radius 2 is 1.94 bits per heavy atom. The predicted octanol–water partition coefficient (Wildman–Crippen LogP) is 2.31. The standard InChI is InChI=1S/C15H20N2/c1-4-9-16(10-5-1)12-13-17-11-8-14-6-2-3-7-15(14)17/h1-4,6-7H,5,8-13H2. The van der Waals surface area contributed by atoms with E-state index in [0.29, 0.717) is 0 Å². The molecule has 0 amide bonds. The molecule has 2 aliphatic heterocycles. The zero-order valence-electron chi connectivity index (χ0n) is 10.3. The highest BCUT2D eigenvalue weighted by Crippen LogP contribution is 2.26. The molecule has 0 bridgehead atoms. The van der Waals surface area contributed by atoms with E-state index < -0.39 is 0 Å². The summed E-state index contributed by atoms with van der Waals surface area (Å²) in [5.74, 6) is 0. The fourth-order valence-electron chi connectivity index (χ4n) is 2.79. The first kappa shape index (κ1) is 10.8. The van der Waals surface area contributed by atoms with Crippen LogP contribution in [0, 0.1) is 0 Å². The molecule has 0 saturated heterocycles. The molecule has 2 aliphatic rings. The molecule has 90 valence electrons. The van der Waals surface area contributed by atoms with Crippen molar-refractivity contribution in [2.24, 2.45) is 0 Å². The lowest BCUT2D eigenvalue weighted by Crippen LogP contribution is -2.36. The molecule has 0 radical (unpaired) electrons. The highest BCUT2D eigenvalue weighted by molar-refractivity contribution is 5.57. The second-order valence-electron chi connectivity index (χ2n) is 4.93. The van der Waals surface area contributed by atoms with Crippen LogP contribution in [0.4, 0.5) is 5.69 Å². The molecule has 3 rings (SSSR count). The van der Waals surface area contributed by atoms with Crippen molar-refractivity contribution >= 4 is 5.69 Å². The van der Waals surface area contributed by atoms with Crippen LogP contribution >= 0.6 is 0 Å². The Labute approximate surface area is 104 Å². The highest BCUT2D eigenvalue weighted by Gasteiger charge is 2.18. The zero-order valence-corrected chi connectivity index (χ0v) is 10.3. The van der Waals surface area contributed by atoms with Gasteiger partial charge < -0.3 is 4.90 Å². The molecule has 0 atom stereocenters. The molecule has 0 aliphatic carbocycles. The Balaban J connectivity index is 1.58. The van der Waals surface area contributed by atoms with Crippen molar-refractivity contribution < 1.29 is 0 Å². The lowest BCUT2D eigenvalue weighted by Gasteiger charge is -2.27. The quantitative estimate of drug-likeness (QED) is 0.733. The van der Waals surface area contributed by atoms with Crippen LogP contribution in [0.1, 0.15) is 12.0 Å². The van der Waals surface area contributed by atoms with Gasteiger partial charge in [-0.3, -0.25) is 4.90 Å². The molecule has 0 N–H and O–H groups in total. The molecular weight excluding hydrogens is 208 g/mol. The number of anilines is 1. The summed E-state index contributed by atoms with van der Waals surface area (Å²) in [6.45, 7) is 5.92. The van der Waals surface area contributed by atoms with E-state index in [1.807, 2.05) is 0 Å². The van der Waals surface area contributed by atoms with Crippen molar-refractivity contribution in [2.45, 2.75) is 12.8 Å². The smallest absolute Gasteiger partial charge is 0.0399 e. The van der Waals surface area contributed by atoms with Gasteiger partial charge in [0.05, 0.1) is 0 Å². The van der Waals surface area contributed by atoms with Gasteiger partial charge in [-0.15, -0.1) is 0 Å². The van der Waals surface area contributed by atoms with Gasteiger partial charge >= 0.3 is 0 Å². The van der Waals surface area contributed by atoms with Gasteiger partial charge in [-0.05, 0) is 24.5 Å². The second-order valence-corrected chi connectivity index (χ2v) is 4.93. The minimum absolute atomic E-state index is 1.13. The third kappa shape index (κ3) is 2.37. The van der Waals surface area contributed by atoms with Crippen molar-refractivity contribution in [3.63, 3.8) is 0 Å². The van der Waals surface area contributed by atoms with E-state index in [9.17, 15) is 0 Å². The first-order chi connectivity index (χ1) is 8.43. The van der Waals surface area contributed by atoms with E-state index in [1.54, 1.807) is 0 Å². The van der Waals surface area contributed by atoms with E-state index in [1.165, 1.54) is 50.3 Å². The van der Waals surface area contributed by atoms with E-state index in [2.05, 4.69) is 46.2 Å². The van der Waals surface area contributed by atoms with Crippen molar-refractivity contribution in [1.82, 2.24) is 4.90 Å². The van der Waals surface area contributed by atoms with Gasteiger partial charge in [0.1, 0.15) is 0 Å². The number of rotatable bonds is 3. The number of nitrogens with zero attached hydrogens (tertiary/aromatic N) is 2. The van der Waals surface area contributed by atoms with Crippen LogP contribution in [-0.2, 0) is 6.42 Å². The topological polar surface area (TPSA) is 6.48 Å². The summed E-state index contributed by atoms with van der Waals surface area (Å²) in [6.07, 6.45) is 7.02. The zero-order chi connectivity index (χ0) is 11.5. The number of hydrogen-bond acceptors (Lipinski definition) is 2.